The van der Waals surface area contributed by atoms with Crippen molar-refractivity contribution in [3.8, 4) is 55.6 Å². The number of rotatable bonds is 11. The van der Waals surface area contributed by atoms with Crippen molar-refractivity contribution in [2.75, 3.05) is 9.80 Å². The predicted octanol–water partition coefficient (Wildman–Crippen LogP) is 17.0. The Labute approximate surface area is 364 Å². The Hall–Kier alpha value is -8.20. The van der Waals surface area contributed by atoms with Gasteiger partial charge in [0, 0.05) is 34.1 Å². The van der Waals surface area contributed by atoms with Crippen molar-refractivity contribution < 1.29 is 0 Å². The van der Waals surface area contributed by atoms with E-state index in [1.54, 1.807) is 0 Å². The first kappa shape index (κ1) is 38.0. The maximum absolute atomic E-state index is 2.41. The van der Waals surface area contributed by atoms with Gasteiger partial charge in [-0.25, -0.2) is 0 Å². The van der Waals surface area contributed by atoms with Gasteiger partial charge in [0.25, 0.3) is 0 Å². The van der Waals surface area contributed by atoms with Crippen LogP contribution in [-0.4, -0.2) is 0 Å². The van der Waals surface area contributed by atoms with Crippen LogP contribution in [0, 0.1) is 0 Å². The Balaban J connectivity index is 1.22. The highest BCUT2D eigenvalue weighted by atomic mass is 15.2. The molecule has 0 aromatic heterocycles. The van der Waals surface area contributed by atoms with Crippen LogP contribution in [0.25, 0.3) is 55.6 Å². The summed E-state index contributed by atoms with van der Waals surface area (Å²) in [4.78, 5) is 4.82. The molecule has 10 rings (SSSR count). The number of benzene rings is 10. The van der Waals surface area contributed by atoms with Gasteiger partial charge in [0.15, 0.2) is 0 Å². The Kier molecular flexibility index (Phi) is 10.8. The van der Waals surface area contributed by atoms with E-state index in [0.717, 1.165) is 67.5 Å². The van der Waals surface area contributed by atoms with E-state index < -0.39 is 0 Å². The maximum atomic E-state index is 2.41. The Morgan fingerprint density at radius 1 is 0.145 bits per heavy atom. The summed E-state index contributed by atoms with van der Waals surface area (Å²) in [5.74, 6) is 0. The van der Waals surface area contributed by atoms with Crippen molar-refractivity contribution in [3.05, 3.63) is 267 Å². The summed E-state index contributed by atoms with van der Waals surface area (Å²) in [5.41, 5.74) is 17.9. The normalized spacial score (nSPS) is 10.9. The molecule has 0 aliphatic rings. The molecule has 0 N–H and O–H groups in total. The van der Waals surface area contributed by atoms with Crippen molar-refractivity contribution in [2.24, 2.45) is 0 Å². The first-order valence-electron chi connectivity index (χ1n) is 21.2. The standard InChI is InChI=1S/C60H44N2/c1-6-20-45(21-7-1)50-30-16-34-55(38-50)61(56-35-17-31-51(39-56)46-22-8-2-9-23-46)59-42-54(49-28-14-5-15-29-49)43-60(44-59)62(57-36-18-32-52(40-57)47-24-10-3-11-25-47)58-37-19-33-53(41-58)48-26-12-4-13-27-48/h1-44H. The van der Waals surface area contributed by atoms with Crippen LogP contribution >= 0.6 is 0 Å². The average Bonchev–Trinajstić information content (AvgIpc) is 3.36. The smallest absolute Gasteiger partial charge is 0.0488 e. The molecular formula is C60H44N2. The molecule has 294 valence electrons. The molecule has 0 atom stereocenters. The molecule has 0 aliphatic carbocycles. The van der Waals surface area contributed by atoms with Gasteiger partial charge in [0.05, 0.1) is 0 Å². The summed E-state index contributed by atoms with van der Waals surface area (Å²) in [5, 5.41) is 0. The Bertz CT molecular complexity index is 2700. The zero-order chi connectivity index (χ0) is 41.5. The van der Waals surface area contributed by atoms with Gasteiger partial charge in [-0.15, -0.1) is 0 Å². The fraction of sp³-hybridized carbons (Fsp3) is 0. The monoisotopic (exact) mass is 792 g/mol. The van der Waals surface area contributed by atoms with Crippen LogP contribution in [0.3, 0.4) is 0 Å². The third kappa shape index (κ3) is 8.18. The summed E-state index contributed by atoms with van der Waals surface area (Å²) >= 11 is 0. The molecule has 0 radical (unpaired) electrons. The molecule has 10 aromatic carbocycles. The first-order valence-corrected chi connectivity index (χ1v) is 21.2. The van der Waals surface area contributed by atoms with Crippen LogP contribution in [0.2, 0.25) is 0 Å². The summed E-state index contributed by atoms with van der Waals surface area (Å²) < 4.78 is 0. The zero-order valence-electron chi connectivity index (χ0n) is 34.3. The van der Waals surface area contributed by atoms with E-state index in [0.29, 0.717) is 0 Å². The van der Waals surface area contributed by atoms with Crippen molar-refractivity contribution >= 4 is 34.1 Å². The number of hydrogen-bond donors (Lipinski definition) is 0. The van der Waals surface area contributed by atoms with E-state index in [9.17, 15) is 0 Å². The Morgan fingerprint density at radius 2 is 0.355 bits per heavy atom. The third-order valence-electron chi connectivity index (χ3n) is 11.4. The van der Waals surface area contributed by atoms with Crippen molar-refractivity contribution in [1.82, 2.24) is 0 Å². The molecule has 2 nitrogen and oxygen atoms in total. The van der Waals surface area contributed by atoms with Gasteiger partial charge in [-0.1, -0.05) is 200 Å². The number of anilines is 6. The summed E-state index contributed by atoms with van der Waals surface area (Å²) in [7, 11) is 0. The van der Waals surface area contributed by atoms with E-state index in [1.807, 2.05) is 0 Å². The van der Waals surface area contributed by atoms with Gasteiger partial charge >= 0.3 is 0 Å². The van der Waals surface area contributed by atoms with E-state index >= 15 is 0 Å². The van der Waals surface area contributed by atoms with Crippen LogP contribution in [-0.2, 0) is 0 Å². The van der Waals surface area contributed by atoms with Crippen LogP contribution in [0.4, 0.5) is 34.1 Å². The molecule has 0 fully saturated rings. The molecule has 0 saturated heterocycles. The van der Waals surface area contributed by atoms with Gasteiger partial charge in [0.1, 0.15) is 0 Å². The minimum atomic E-state index is 1.04. The molecule has 0 aliphatic heterocycles. The molecule has 0 amide bonds. The summed E-state index contributed by atoms with van der Waals surface area (Å²) in [6.45, 7) is 0. The lowest BCUT2D eigenvalue weighted by Gasteiger charge is -2.31. The highest BCUT2D eigenvalue weighted by Crippen LogP contribution is 2.45. The third-order valence-corrected chi connectivity index (χ3v) is 11.4. The van der Waals surface area contributed by atoms with E-state index in [-0.39, 0.29) is 0 Å². The molecular weight excluding hydrogens is 749 g/mol. The van der Waals surface area contributed by atoms with Crippen LogP contribution in [0.1, 0.15) is 0 Å². The van der Waals surface area contributed by atoms with Crippen molar-refractivity contribution in [1.29, 1.82) is 0 Å². The second-order valence-corrected chi connectivity index (χ2v) is 15.4. The van der Waals surface area contributed by atoms with Crippen LogP contribution in [0.5, 0.6) is 0 Å². The zero-order valence-corrected chi connectivity index (χ0v) is 34.3. The fourth-order valence-corrected chi connectivity index (χ4v) is 8.37. The minimum absolute atomic E-state index is 1.04. The highest BCUT2D eigenvalue weighted by molar-refractivity contribution is 5.90. The highest BCUT2D eigenvalue weighted by Gasteiger charge is 2.21. The molecule has 0 bridgehead atoms. The first-order chi connectivity index (χ1) is 30.7. The number of hydrogen-bond acceptors (Lipinski definition) is 2. The fourth-order valence-electron chi connectivity index (χ4n) is 8.37. The Morgan fingerprint density at radius 3 is 0.613 bits per heavy atom. The van der Waals surface area contributed by atoms with E-state index in [4.69, 9.17) is 0 Å². The predicted molar refractivity (Wildman–Crippen MR) is 263 cm³/mol. The lowest BCUT2D eigenvalue weighted by atomic mass is 9.99. The lowest BCUT2D eigenvalue weighted by Crippen LogP contribution is -2.14. The van der Waals surface area contributed by atoms with Gasteiger partial charge in [0.2, 0.25) is 0 Å². The van der Waals surface area contributed by atoms with Crippen LogP contribution in [0.15, 0.2) is 267 Å². The average molecular weight is 793 g/mol. The van der Waals surface area contributed by atoms with E-state index in [2.05, 4.69) is 277 Å². The van der Waals surface area contributed by atoms with Gasteiger partial charge in [-0.3, -0.25) is 0 Å². The topological polar surface area (TPSA) is 6.48 Å². The molecule has 10 aromatic rings. The summed E-state index contributed by atoms with van der Waals surface area (Å²) in [6, 6.07) is 95.9. The van der Waals surface area contributed by atoms with Crippen LogP contribution < -0.4 is 9.80 Å². The van der Waals surface area contributed by atoms with Gasteiger partial charge in [-0.05, 0) is 122 Å². The largest absolute Gasteiger partial charge is 0.310 e. The number of nitrogens with zero attached hydrogens (tertiary/aromatic N) is 2. The quantitative estimate of drug-likeness (QED) is 0.129. The lowest BCUT2D eigenvalue weighted by molar-refractivity contribution is 1.25. The second-order valence-electron chi connectivity index (χ2n) is 15.4. The van der Waals surface area contributed by atoms with Crippen molar-refractivity contribution in [3.63, 3.8) is 0 Å². The second kappa shape index (κ2) is 17.6. The van der Waals surface area contributed by atoms with E-state index in [1.165, 1.54) is 22.3 Å². The van der Waals surface area contributed by atoms with Crippen molar-refractivity contribution in [2.45, 2.75) is 0 Å². The molecule has 0 heterocycles. The molecule has 0 spiro atoms. The van der Waals surface area contributed by atoms with Gasteiger partial charge in [-0.2, -0.15) is 0 Å². The molecule has 0 saturated carbocycles. The molecule has 0 unspecified atom stereocenters. The summed E-state index contributed by atoms with van der Waals surface area (Å²) in [6.07, 6.45) is 0. The molecule has 2 heteroatoms. The van der Waals surface area contributed by atoms with Gasteiger partial charge < -0.3 is 9.80 Å². The molecule has 62 heavy (non-hydrogen) atoms. The SMILES string of the molecule is c1ccc(-c2cccc(N(c3cccc(-c4ccccc4)c3)c3cc(-c4ccccc4)cc(N(c4cccc(-c5ccccc5)c4)c4cccc(-c5ccccc5)c4)c3)c2)cc1. The minimum Gasteiger partial charge on any atom is -0.310 e. The maximum Gasteiger partial charge on any atom is 0.0488 e.